The fourth-order valence-corrected chi connectivity index (χ4v) is 5.80. The molecule has 0 radical (unpaired) electrons. The average molecular weight is 501 g/mol. The fraction of sp³-hybridized carbons (Fsp3) is 0.538. The Kier molecular flexibility index (Phi) is 9.25. The molecule has 35 heavy (non-hydrogen) atoms. The van der Waals surface area contributed by atoms with Crippen LogP contribution >= 0.6 is 0 Å². The summed E-state index contributed by atoms with van der Waals surface area (Å²) < 4.78 is 35.0. The number of aromatic nitrogens is 2. The van der Waals surface area contributed by atoms with E-state index in [1.54, 1.807) is 37.5 Å². The quantitative estimate of drug-likeness (QED) is 0.584. The molecule has 0 spiro atoms. The Morgan fingerprint density at radius 3 is 2.63 bits per heavy atom. The minimum atomic E-state index is -3.87. The highest BCUT2D eigenvalue weighted by Gasteiger charge is 2.38. The molecular formula is C26H36N4O4S. The Morgan fingerprint density at radius 2 is 1.97 bits per heavy atom. The second-order valence-electron chi connectivity index (χ2n) is 9.74. The van der Waals surface area contributed by atoms with Gasteiger partial charge in [-0.25, -0.2) is 18.4 Å². The number of hydrogen-bond acceptors (Lipinski definition) is 7. The molecule has 190 valence electrons. The van der Waals surface area contributed by atoms with Gasteiger partial charge in [-0.2, -0.15) is 4.31 Å². The van der Waals surface area contributed by atoms with E-state index in [9.17, 15) is 13.5 Å². The van der Waals surface area contributed by atoms with E-state index < -0.39 is 16.1 Å². The Balaban J connectivity index is 1.97. The summed E-state index contributed by atoms with van der Waals surface area (Å²) in [6, 6.07) is 4.45. The Morgan fingerprint density at radius 1 is 1.26 bits per heavy atom. The standard InChI is InChI=1S/C26H36N4O4S/c1-19(2)7-6-8-22-9-10-26-24(11-22)34-25(16-29(5)15-23-12-27-18-28-13-23)20(3)14-30(21(4)17-31)35(26,32)33/h9-13,18-21,25,31H,7,14-17H2,1-5H3/t20-,21+,25-/m0/s1. The first kappa shape index (κ1) is 27.1. The Hall–Kier alpha value is -2.51. The second-order valence-corrected chi connectivity index (χ2v) is 11.6. The Labute approximate surface area is 209 Å². The number of rotatable bonds is 7. The van der Waals surface area contributed by atoms with Crippen molar-refractivity contribution in [1.82, 2.24) is 19.2 Å². The van der Waals surface area contributed by atoms with E-state index in [4.69, 9.17) is 4.74 Å². The molecule has 1 aliphatic rings. The van der Waals surface area contributed by atoms with Crippen LogP contribution in [0, 0.1) is 23.7 Å². The lowest BCUT2D eigenvalue weighted by Gasteiger charge is -2.37. The predicted octanol–water partition coefficient (Wildman–Crippen LogP) is 2.77. The van der Waals surface area contributed by atoms with Crippen molar-refractivity contribution in [3.63, 3.8) is 0 Å². The molecule has 8 nitrogen and oxygen atoms in total. The molecule has 2 aromatic rings. The van der Waals surface area contributed by atoms with Gasteiger partial charge in [-0.3, -0.25) is 4.90 Å². The first-order chi connectivity index (χ1) is 16.6. The van der Waals surface area contributed by atoms with E-state index in [0.717, 1.165) is 12.0 Å². The predicted molar refractivity (Wildman–Crippen MR) is 135 cm³/mol. The number of ether oxygens (including phenoxy) is 1. The molecule has 3 rings (SSSR count). The maximum absolute atomic E-state index is 13.6. The molecule has 0 bridgehead atoms. The normalized spacial score (nSPS) is 20.8. The van der Waals surface area contributed by atoms with Gasteiger partial charge in [0.25, 0.3) is 0 Å². The lowest BCUT2D eigenvalue weighted by atomic mass is 10.0. The van der Waals surface area contributed by atoms with Gasteiger partial charge in [0.2, 0.25) is 10.0 Å². The van der Waals surface area contributed by atoms with Crippen LogP contribution in [0.3, 0.4) is 0 Å². The summed E-state index contributed by atoms with van der Waals surface area (Å²) in [5, 5.41) is 9.80. The number of sulfonamides is 1. The van der Waals surface area contributed by atoms with Gasteiger partial charge in [0, 0.05) is 61.5 Å². The van der Waals surface area contributed by atoms with Gasteiger partial charge in [0.15, 0.2) is 0 Å². The summed E-state index contributed by atoms with van der Waals surface area (Å²) in [6.45, 7) is 9.09. The van der Waals surface area contributed by atoms with E-state index in [2.05, 4.69) is 40.6 Å². The lowest BCUT2D eigenvalue weighted by Crippen LogP contribution is -2.49. The van der Waals surface area contributed by atoms with Gasteiger partial charge >= 0.3 is 0 Å². The highest BCUT2D eigenvalue weighted by atomic mass is 32.2. The molecule has 0 amide bonds. The maximum Gasteiger partial charge on any atom is 0.247 e. The number of aliphatic hydroxyl groups excluding tert-OH is 1. The van der Waals surface area contributed by atoms with Gasteiger partial charge < -0.3 is 9.84 Å². The van der Waals surface area contributed by atoms with Gasteiger partial charge in [-0.15, -0.1) is 0 Å². The summed E-state index contributed by atoms with van der Waals surface area (Å²) in [7, 11) is -1.88. The van der Waals surface area contributed by atoms with Crippen molar-refractivity contribution >= 4 is 10.0 Å². The van der Waals surface area contributed by atoms with Crippen molar-refractivity contribution < 1.29 is 18.3 Å². The van der Waals surface area contributed by atoms with Crippen LogP contribution in [0.4, 0.5) is 0 Å². The van der Waals surface area contributed by atoms with Crippen LogP contribution in [0.2, 0.25) is 0 Å². The third-order valence-corrected chi connectivity index (χ3v) is 7.99. The zero-order chi connectivity index (χ0) is 25.6. The minimum absolute atomic E-state index is 0.100. The fourth-order valence-electron chi connectivity index (χ4n) is 3.97. The molecule has 0 aliphatic carbocycles. The third kappa shape index (κ3) is 7.01. The van der Waals surface area contributed by atoms with Crippen LogP contribution in [0.15, 0.2) is 41.8 Å². The Bertz CT molecular complexity index is 1140. The summed E-state index contributed by atoms with van der Waals surface area (Å²) in [4.78, 5) is 10.4. The molecule has 0 fully saturated rings. The zero-order valence-corrected chi connectivity index (χ0v) is 22.0. The topological polar surface area (TPSA) is 95.9 Å². The van der Waals surface area contributed by atoms with E-state index in [1.807, 2.05) is 14.0 Å². The van der Waals surface area contributed by atoms with Crippen LogP contribution < -0.4 is 4.74 Å². The van der Waals surface area contributed by atoms with E-state index >= 15 is 0 Å². The van der Waals surface area contributed by atoms with Gasteiger partial charge in [-0.1, -0.05) is 32.6 Å². The van der Waals surface area contributed by atoms with Crippen molar-refractivity contribution in [3.8, 4) is 17.6 Å². The molecule has 9 heteroatoms. The number of fused-ring (bicyclic) bond motifs is 1. The summed E-state index contributed by atoms with van der Waals surface area (Å²) >= 11 is 0. The number of aliphatic hydroxyl groups is 1. The molecule has 3 atom stereocenters. The van der Waals surface area contributed by atoms with Gasteiger partial charge in [0.05, 0.1) is 6.61 Å². The first-order valence-corrected chi connectivity index (χ1v) is 13.4. The first-order valence-electron chi connectivity index (χ1n) is 12.0. The molecule has 1 aliphatic heterocycles. The number of nitrogens with zero attached hydrogens (tertiary/aromatic N) is 4. The van der Waals surface area contributed by atoms with Crippen LogP contribution in [0.25, 0.3) is 0 Å². The van der Waals surface area contributed by atoms with Crippen molar-refractivity contribution in [3.05, 3.63) is 48.0 Å². The number of benzene rings is 1. The van der Waals surface area contributed by atoms with Crippen LogP contribution in [-0.2, 0) is 16.6 Å². The van der Waals surface area contributed by atoms with Gasteiger partial charge in [-0.05, 0) is 38.1 Å². The largest absolute Gasteiger partial charge is 0.487 e. The van der Waals surface area contributed by atoms with Crippen molar-refractivity contribution in [1.29, 1.82) is 0 Å². The summed E-state index contributed by atoms with van der Waals surface area (Å²) in [5.41, 5.74) is 1.69. The van der Waals surface area contributed by atoms with Gasteiger partial charge in [0.1, 0.15) is 23.1 Å². The monoisotopic (exact) mass is 500 g/mol. The third-order valence-electron chi connectivity index (χ3n) is 5.97. The highest BCUT2D eigenvalue weighted by molar-refractivity contribution is 7.89. The minimum Gasteiger partial charge on any atom is -0.487 e. The SMILES string of the molecule is CC(C)CC#Cc1ccc2c(c1)O[C@@H](CN(C)Cc1cncnc1)[C@@H](C)CN([C@H](C)CO)S2(=O)=O. The van der Waals surface area contributed by atoms with E-state index in [-0.39, 0.29) is 30.1 Å². The number of likely N-dealkylation sites (N-methyl/N-ethyl adjacent to an activating group) is 1. The summed E-state index contributed by atoms with van der Waals surface area (Å²) in [6.07, 6.45) is 5.53. The average Bonchev–Trinajstić information content (AvgIpc) is 2.81. The molecule has 0 unspecified atom stereocenters. The van der Waals surface area contributed by atoms with Crippen molar-refractivity contribution in [2.45, 2.75) is 57.7 Å². The molecule has 0 saturated heterocycles. The lowest BCUT2D eigenvalue weighted by molar-refractivity contribution is 0.0733. The maximum atomic E-state index is 13.6. The van der Waals surface area contributed by atoms with Crippen LogP contribution in [-0.4, -0.2) is 71.6 Å². The zero-order valence-electron chi connectivity index (χ0n) is 21.2. The highest BCUT2D eigenvalue weighted by Crippen LogP contribution is 2.34. The van der Waals surface area contributed by atoms with Crippen molar-refractivity contribution in [2.75, 3.05) is 26.7 Å². The molecule has 1 N–H and O–H groups in total. The van der Waals surface area contributed by atoms with Crippen LogP contribution in [0.5, 0.6) is 5.75 Å². The van der Waals surface area contributed by atoms with Crippen LogP contribution in [0.1, 0.15) is 45.2 Å². The second kappa shape index (κ2) is 12.0. The number of hydrogen-bond donors (Lipinski definition) is 1. The molecular weight excluding hydrogens is 464 g/mol. The van der Waals surface area contributed by atoms with Crippen molar-refractivity contribution in [2.24, 2.45) is 11.8 Å². The van der Waals surface area contributed by atoms with E-state index in [0.29, 0.717) is 30.3 Å². The molecule has 1 aromatic carbocycles. The molecule has 0 saturated carbocycles. The molecule has 1 aromatic heterocycles. The molecule has 2 heterocycles. The van der Waals surface area contributed by atoms with E-state index in [1.165, 1.54) is 10.6 Å². The summed E-state index contributed by atoms with van der Waals surface area (Å²) in [5.74, 6) is 6.90. The smallest absolute Gasteiger partial charge is 0.247 e.